The zero-order valence-electron chi connectivity index (χ0n) is 22.9. The van der Waals surface area contributed by atoms with E-state index in [1.165, 1.54) is 22.3 Å². The topological polar surface area (TPSA) is 49.9 Å². The van der Waals surface area contributed by atoms with Gasteiger partial charge < -0.3 is 14.5 Å². The molecule has 1 aromatic rings. The molecular formula is C30H43ClN2O3. The molecular weight excluding hydrogens is 472 g/mol. The zero-order chi connectivity index (χ0) is 26.2. The highest BCUT2D eigenvalue weighted by molar-refractivity contribution is 6.30. The molecule has 1 saturated carbocycles. The molecule has 0 radical (unpaired) electrons. The molecule has 3 aliphatic rings. The molecule has 0 N–H and O–H groups in total. The average molecular weight is 515 g/mol. The molecule has 0 aromatic heterocycles. The Bertz CT molecular complexity index is 1020. The third kappa shape index (κ3) is 6.10. The Labute approximate surface area is 222 Å². The zero-order valence-corrected chi connectivity index (χ0v) is 23.7. The predicted octanol–water partition coefficient (Wildman–Crippen LogP) is 6.97. The van der Waals surface area contributed by atoms with Gasteiger partial charge in [-0.25, -0.2) is 4.79 Å². The smallest absolute Gasteiger partial charge is 0.410 e. The quantitative estimate of drug-likeness (QED) is 0.426. The molecule has 1 aromatic carbocycles. The number of carbonyl (C=O) groups excluding carboxylic acids is 2. The number of carbonyl (C=O) groups is 2. The van der Waals surface area contributed by atoms with E-state index in [9.17, 15) is 9.59 Å². The Morgan fingerprint density at radius 3 is 2.50 bits per heavy atom. The molecule has 1 unspecified atom stereocenters. The van der Waals surface area contributed by atoms with Crippen LogP contribution in [0.2, 0.25) is 5.02 Å². The first kappa shape index (κ1) is 27.0. The van der Waals surface area contributed by atoms with Crippen LogP contribution < -0.4 is 0 Å². The van der Waals surface area contributed by atoms with Crippen molar-refractivity contribution in [2.24, 2.45) is 17.8 Å². The molecule has 2 aliphatic carbocycles. The number of rotatable bonds is 5. The standard InChI is InChI=1S/C30H43ClN2O3/c1-19(2)15-27-26-16-22-11-12-23(31)17-25(22)24(26)13-14-33(27)28(34)21-9-7-20(8-10-21)18-32(6)29(35)36-30(3,4)5/h11-12,17,19-21,27H,7-10,13-16,18H2,1-6H3. The molecule has 0 saturated heterocycles. The Balaban J connectivity index is 1.39. The highest BCUT2D eigenvalue weighted by Crippen LogP contribution is 2.44. The van der Waals surface area contributed by atoms with Gasteiger partial charge in [-0.2, -0.15) is 0 Å². The van der Waals surface area contributed by atoms with Crippen LogP contribution in [0.25, 0.3) is 5.57 Å². The van der Waals surface area contributed by atoms with E-state index in [4.69, 9.17) is 16.3 Å². The summed E-state index contributed by atoms with van der Waals surface area (Å²) < 4.78 is 5.50. The fraction of sp³-hybridized carbons (Fsp3) is 0.667. The maximum Gasteiger partial charge on any atom is 0.410 e. The summed E-state index contributed by atoms with van der Waals surface area (Å²) in [4.78, 5) is 30.1. The van der Waals surface area contributed by atoms with Gasteiger partial charge in [-0.1, -0.05) is 31.5 Å². The summed E-state index contributed by atoms with van der Waals surface area (Å²) in [6, 6.07) is 6.43. The van der Waals surface area contributed by atoms with Crippen molar-refractivity contribution in [1.82, 2.24) is 9.80 Å². The first-order valence-corrected chi connectivity index (χ1v) is 14.1. The van der Waals surface area contributed by atoms with Gasteiger partial charge in [0, 0.05) is 31.1 Å². The van der Waals surface area contributed by atoms with E-state index < -0.39 is 5.60 Å². The number of hydrogen-bond donors (Lipinski definition) is 0. The van der Waals surface area contributed by atoms with E-state index in [2.05, 4.69) is 30.9 Å². The molecule has 0 bridgehead atoms. The minimum Gasteiger partial charge on any atom is -0.444 e. The molecule has 1 atom stereocenters. The van der Waals surface area contributed by atoms with Crippen LogP contribution in [-0.4, -0.2) is 53.6 Å². The van der Waals surface area contributed by atoms with Gasteiger partial charge in [-0.15, -0.1) is 0 Å². The Hall–Kier alpha value is -2.01. The molecule has 2 amide bonds. The summed E-state index contributed by atoms with van der Waals surface area (Å²) in [7, 11) is 1.81. The van der Waals surface area contributed by atoms with Gasteiger partial charge in [0.2, 0.25) is 5.91 Å². The first-order valence-electron chi connectivity index (χ1n) is 13.7. The van der Waals surface area contributed by atoms with Crippen molar-refractivity contribution in [3.8, 4) is 0 Å². The number of hydrogen-bond acceptors (Lipinski definition) is 3. The van der Waals surface area contributed by atoms with Crippen LogP contribution >= 0.6 is 11.6 Å². The molecule has 4 rings (SSSR count). The lowest BCUT2D eigenvalue weighted by atomic mass is 9.80. The minimum absolute atomic E-state index is 0.0862. The van der Waals surface area contributed by atoms with Crippen LogP contribution in [0.4, 0.5) is 4.79 Å². The highest BCUT2D eigenvalue weighted by Gasteiger charge is 2.40. The maximum absolute atomic E-state index is 13.9. The van der Waals surface area contributed by atoms with Crippen LogP contribution in [0, 0.1) is 17.8 Å². The number of halogens is 1. The molecule has 5 nitrogen and oxygen atoms in total. The van der Waals surface area contributed by atoms with Crippen molar-refractivity contribution in [1.29, 1.82) is 0 Å². The van der Waals surface area contributed by atoms with Gasteiger partial charge in [0.05, 0.1) is 6.04 Å². The first-order chi connectivity index (χ1) is 16.9. The van der Waals surface area contributed by atoms with E-state index >= 15 is 0 Å². The maximum atomic E-state index is 13.9. The van der Waals surface area contributed by atoms with Crippen LogP contribution in [-0.2, 0) is 16.0 Å². The second kappa shape index (κ2) is 10.8. The van der Waals surface area contributed by atoms with Crippen molar-refractivity contribution in [3.63, 3.8) is 0 Å². The summed E-state index contributed by atoms with van der Waals surface area (Å²) >= 11 is 6.33. The lowest BCUT2D eigenvalue weighted by Crippen LogP contribution is -2.48. The number of fused-ring (bicyclic) bond motifs is 2. The van der Waals surface area contributed by atoms with E-state index in [-0.39, 0.29) is 18.1 Å². The number of amides is 2. The largest absolute Gasteiger partial charge is 0.444 e. The van der Waals surface area contributed by atoms with E-state index in [0.29, 0.717) is 24.3 Å². The van der Waals surface area contributed by atoms with Crippen molar-refractivity contribution >= 4 is 29.2 Å². The highest BCUT2D eigenvalue weighted by atomic mass is 35.5. The van der Waals surface area contributed by atoms with E-state index in [1.54, 1.807) is 4.90 Å². The second-order valence-corrected chi connectivity index (χ2v) is 12.9. The summed E-state index contributed by atoms with van der Waals surface area (Å²) in [5.41, 5.74) is 5.03. The number of ether oxygens (including phenoxy) is 1. The van der Waals surface area contributed by atoms with Gasteiger partial charge in [0.25, 0.3) is 0 Å². The average Bonchev–Trinajstić information content (AvgIpc) is 3.16. The Morgan fingerprint density at radius 1 is 1.17 bits per heavy atom. The predicted molar refractivity (Wildman–Crippen MR) is 146 cm³/mol. The van der Waals surface area contributed by atoms with Gasteiger partial charge in [0.1, 0.15) is 5.60 Å². The normalized spacial score (nSPS) is 24.0. The van der Waals surface area contributed by atoms with Gasteiger partial charge in [0.15, 0.2) is 0 Å². The summed E-state index contributed by atoms with van der Waals surface area (Å²) in [6.07, 6.45) is 6.34. The number of nitrogens with zero attached hydrogens (tertiary/aromatic N) is 2. The summed E-state index contributed by atoms with van der Waals surface area (Å²) in [6.45, 7) is 11.7. The molecule has 6 heteroatoms. The third-order valence-corrected chi connectivity index (χ3v) is 8.19. The van der Waals surface area contributed by atoms with Crippen molar-refractivity contribution in [2.75, 3.05) is 20.1 Å². The monoisotopic (exact) mass is 514 g/mol. The minimum atomic E-state index is -0.487. The Morgan fingerprint density at radius 2 is 1.86 bits per heavy atom. The van der Waals surface area contributed by atoms with Crippen LogP contribution in [0.3, 0.4) is 0 Å². The van der Waals surface area contributed by atoms with E-state index in [0.717, 1.165) is 56.5 Å². The molecule has 1 heterocycles. The third-order valence-electron chi connectivity index (χ3n) is 7.96. The lowest BCUT2D eigenvalue weighted by Gasteiger charge is -2.41. The molecule has 198 valence electrons. The van der Waals surface area contributed by atoms with Crippen molar-refractivity contribution in [3.05, 3.63) is 39.9 Å². The Kier molecular flexibility index (Phi) is 8.09. The fourth-order valence-corrected chi connectivity index (χ4v) is 6.44. The van der Waals surface area contributed by atoms with Crippen molar-refractivity contribution in [2.45, 2.75) is 91.2 Å². The van der Waals surface area contributed by atoms with E-state index in [1.807, 2.05) is 33.9 Å². The van der Waals surface area contributed by atoms with Crippen LogP contribution in [0.1, 0.15) is 84.3 Å². The van der Waals surface area contributed by atoms with Gasteiger partial charge in [-0.3, -0.25) is 4.79 Å². The van der Waals surface area contributed by atoms with Crippen LogP contribution in [0.15, 0.2) is 23.8 Å². The fourth-order valence-electron chi connectivity index (χ4n) is 6.27. The second-order valence-electron chi connectivity index (χ2n) is 12.5. The molecule has 1 fully saturated rings. The molecule has 1 aliphatic heterocycles. The van der Waals surface area contributed by atoms with Gasteiger partial charge >= 0.3 is 6.09 Å². The number of benzene rings is 1. The molecule has 0 spiro atoms. The molecule has 36 heavy (non-hydrogen) atoms. The SMILES string of the molecule is CC(C)CC1C2=C(CCN1C(=O)C1CCC(CN(C)C(=O)OC(C)(C)C)CC1)c1cc(Cl)ccc1C2. The van der Waals surface area contributed by atoms with Crippen LogP contribution in [0.5, 0.6) is 0 Å². The summed E-state index contributed by atoms with van der Waals surface area (Å²) in [5.74, 6) is 1.36. The van der Waals surface area contributed by atoms with Crippen molar-refractivity contribution < 1.29 is 14.3 Å². The summed E-state index contributed by atoms with van der Waals surface area (Å²) in [5, 5.41) is 0.787. The lowest BCUT2D eigenvalue weighted by molar-refractivity contribution is -0.139. The van der Waals surface area contributed by atoms with Gasteiger partial charge in [-0.05, 0) is 112 Å².